The van der Waals surface area contributed by atoms with Gasteiger partial charge in [0.05, 0.1) is 0 Å². The van der Waals surface area contributed by atoms with Crippen LogP contribution in [0.3, 0.4) is 0 Å². The van der Waals surface area contributed by atoms with E-state index >= 15 is 4.39 Å². The van der Waals surface area contributed by atoms with E-state index in [1.807, 2.05) is 54.6 Å². The van der Waals surface area contributed by atoms with Gasteiger partial charge in [0.1, 0.15) is 17.4 Å². The first-order valence-corrected chi connectivity index (χ1v) is 46.3. The van der Waals surface area contributed by atoms with Crippen molar-refractivity contribution in [3.8, 4) is 39.1 Å². The zero-order valence-corrected chi connectivity index (χ0v) is 72.5. The van der Waals surface area contributed by atoms with Crippen molar-refractivity contribution in [1.82, 2.24) is 0 Å². The molecular formula is C113H141F15O. The highest BCUT2D eigenvalue weighted by molar-refractivity contribution is 5.90. The second-order valence-corrected chi connectivity index (χ2v) is 37.2. The van der Waals surface area contributed by atoms with E-state index in [1.54, 1.807) is 30.3 Å². The highest BCUT2D eigenvalue weighted by Gasteiger charge is 2.40. The molecule has 12 unspecified atom stereocenters. The largest absolute Gasteiger partial charge is 0.573 e. The molecule has 0 aliphatic heterocycles. The summed E-state index contributed by atoms with van der Waals surface area (Å²) in [7, 11) is 0. The molecule has 10 aromatic carbocycles. The molecule has 1 nitrogen and oxygen atoms in total. The number of fused-ring (bicyclic) bond motifs is 5. The van der Waals surface area contributed by atoms with Crippen LogP contribution in [0, 0.1) is 129 Å². The average molecular weight is 1800 g/mol. The Labute approximate surface area is 761 Å². The lowest BCUT2D eigenvalue weighted by Gasteiger charge is -2.42. The van der Waals surface area contributed by atoms with Crippen molar-refractivity contribution >= 4 is 21.5 Å². The number of alkyl halides is 3. The summed E-state index contributed by atoms with van der Waals surface area (Å²) >= 11 is 0. The van der Waals surface area contributed by atoms with E-state index in [9.17, 15) is 61.5 Å². The number of hydrogen-bond acceptors (Lipinski definition) is 1. The minimum atomic E-state index is -4.61. The van der Waals surface area contributed by atoms with Crippen LogP contribution in [0.5, 0.6) is 5.75 Å². The Bertz CT molecular complexity index is 5100. The van der Waals surface area contributed by atoms with Gasteiger partial charge in [-0.15, -0.1) is 13.2 Å². The second-order valence-electron chi connectivity index (χ2n) is 37.2. The Kier molecular flexibility index (Phi) is 40.4. The van der Waals surface area contributed by atoms with Crippen LogP contribution in [-0.2, 0) is 6.42 Å². The Morgan fingerprint density at radius 3 is 1.05 bits per heavy atom. The summed E-state index contributed by atoms with van der Waals surface area (Å²) in [6.07, 6.45) is 36.2. The number of rotatable bonds is 18. The van der Waals surface area contributed by atoms with Crippen LogP contribution in [0.15, 0.2) is 170 Å². The molecule has 10 aromatic rings. The monoisotopic (exact) mass is 1800 g/mol. The number of benzene rings is 10. The molecule has 0 aromatic heterocycles. The van der Waals surface area contributed by atoms with Gasteiger partial charge in [0.15, 0.2) is 58.2 Å². The highest BCUT2D eigenvalue weighted by Crippen LogP contribution is 2.53. The highest BCUT2D eigenvalue weighted by atomic mass is 19.4. The molecule has 0 bridgehead atoms. The Morgan fingerprint density at radius 2 is 0.605 bits per heavy atom. The van der Waals surface area contributed by atoms with E-state index < -0.39 is 76.2 Å². The van der Waals surface area contributed by atoms with Gasteiger partial charge in [-0.05, 0) is 333 Å². The van der Waals surface area contributed by atoms with Gasteiger partial charge in [-0.2, -0.15) is 0 Å². The molecule has 0 heterocycles. The van der Waals surface area contributed by atoms with Gasteiger partial charge in [0.25, 0.3) is 0 Å². The molecule has 0 N–H and O–H groups in total. The van der Waals surface area contributed by atoms with Crippen molar-refractivity contribution in [3.05, 3.63) is 267 Å². The SMILES string of the molecule is C.C.C.C.C.CCCC1CCC(c2ccc3c(F)c(-c4cc(F)c(F)c(F)c4)ccc3c2)CC1.CCCC1CCC2CC(c3ccc(-c4cc(F)c(F)c(F)c4)cc3)CCC2C1.CCCC1CCC2CC(c3ccc(F)c(F)c3)CCC2C1.CCCC1CCC2CC(c3ccc(OC(F)(F)F)cc3)CCC2C1.CCCc1ccc2c(F)c(-c3ccc(F)c(F)c3)ccc2c1. The third-order valence-corrected chi connectivity index (χ3v) is 29.0. The van der Waals surface area contributed by atoms with Gasteiger partial charge in [0, 0.05) is 21.9 Å². The third kappa shape index (κ3) is 27.4. The van der Waals surface area contributed by atoms with Gasteiger partial charge in [-0.25, -0.2) is 52.7 Å². The number of ether oxygens (including phenoxy) is 1. The first-order valence-electron chi connectivity index (χ1n) is 46.3. The molecule has 7 saturated carbocycles. The predicted octanol–water partition coefficient (Wildman–Crippen LogP) is 37.8. The summed E-state index contributed by atoms with van der Waals surface area (Å²) < 4.78 is 204. The Morgan fingerprint density at radius 1 is 0.264 bits per heavy atom. The first kappa shape index (κ1) is 106. The van der Waals surface area contributed by atoms with Gasteiger partial charge >= 0.3 is 6.36 Å². The normalized spacial score (nSPS) is 23.3. The van der Waals surface area contributed by atoms with Gasteiger partial charge in [-0.1, -0.05) is 258 Å². The molecule has 129 heavy (non-hydrogen) atoms. The van der Waals surface area contributed by atoms with Gasteiger partial charge in [0.2, 0.25) is 0 Å². The summed E-state index contributed by atoms with van der Waals surface area (Å²) in [5.41, 5.74) is 7.61. The van der Waals surface area contributed by atoms with E-state index in [2.05, 4.69) is 51.5 Å². The zero-order valence-electron chi connectivity index (χ0n) is 72.5. The fraction of sp³-hybridized carbons (Fsp3) is 0.504. The average Bonchev–Trinajstić information content (AvgIpc) is 0.786. The molecule has 704 valence electrons. The van der Waals surface area contributed by atoms with Crippen LogP contribution < -0.4 is 4.74 Å². The molecule has 0 saturated heterocycles. The summed E-state index contributed by atoms with van der Waals surface area (Å²) in [6, 6.07) is 44.3. The zero-order chi connectivity index (χ0) is 87.9. The first-order chi connectivity index (χ1) is 59.7. The maximum absolute atomic E-state index is 15.1. The smallest absolute Gasteiger partial charge is 0.406 e. The maximum Gasteiger partial charge on any atom is 0.573 e. The van der Waals surface area contributed by atoms with Crippen LogP contribution in [0.2, 0.25) is 0 Å². The van der Waals surface area contributed by atoms with Crippen molar-refractivity contribution in [2.24, 2.45) is 59.2 Å². The van der Waals surface area contributed by atoms with Crippen LogP contribution >= 0.6 is 0 Å². The molecule has 0 amide bonds. The van der Waals surface area contributed by atoms with E-state index in [0.717, 1.165) is 155 Å². The van der Waals surface area contributed by atoms with Crippen molar-refractivity contribution in [3.63, 3.8) is 0 Å². The molecule has 0 spiro atoms. The van der Waals surface area contributed by atoms with Crippen molar-refractivity contribution in [1.29, 1.82) is 0 Å². The van der Waals surface area contributed by atoms with Crippen molar-refractivity contribution in [2.75, 3.05) is 0 Å². The van der Waals surface area contributed by atoms with E-state index in [1.165, 1.54) is 226 Å². The standard InChI is InChI=1S/C25H24F4.C25H29F3.C20H27F3O.C19H15F3.C19H26F2.5CH4/c1-2-3-15-4-6-16(7-5-15)17-8-10-20-18(12-17)9-11-21(24(20)28)19-13-22(26)25(29)23(27)14-19;1-2-3-16-4-5-21-13-20(11-10-19(21)12-16)17-6-8-18(9-7-17)22-14-23(26)25(28)24(27)15-22;1-2-3-14-4-5-18-13-17(7-6-16(18)12-14)15-8-10-19(11-9-15)24-20(21,22)23;1-2-3-12-4-7-15-13(10-12)5-8-16(19(15)22)14-6-9-17(20)18(21)11-14;1-2-3-13-4-5-15-11-16(7-6-14(15)10-13)17-8-9-18(20)19(21)12-17;;;;;/h8-16H,2-7H2,1H3;6-9,14-16,19-21H,2-5,10-13H2,1H3;8-11,14,16-18H,2-7,12-13H2,1H3;4-11H,2-3H2,1H3;8-9,12-16H,2-7,10-11H2,1H3;5*1H4. The number of halogens is 15. The molecular weight excluding hydrogens is 1660 g/mol. The molecule has 7 fully saturated rings. The number of hydrogen-bond donors (Lipinski definition) is 0. The molecule has 7 aliphatic carbocycles. The molecule has 0 radical (unpaired) electrons. The van der Waals surface area contributed by atoms with E-state index in [4.69, 9.17) is 0 Å². The third-order valence-electron chi connectivity index (χ3n) is 29.0. The molecule has 7 aliphatic rings. The number of aryl methyl sites for hydroxylation is 1. The summed E-state index contributed by atoms with van der Waals surface area (Å²) in [5, 5.41) is 2.47. The predicted molar refractivity (Wildman–Crippen MR) is 504 cm³/mol. The lowest BCUT2D eigenvalue weighted by Crippen LogP contribution is -2.30. The Balaban J connectivity index is 0.000000198. The molecule has 16 heteroatoms. The van der Waals surface area contributed by atoms with Gasteiger partial charge in [-0.3, -0.25) is 0 Å². The van der Waals surface area contributed by atoms with Gasteiger partial charge < -0.3 is 4.74 Å². The fourth-order valence-corrected chi connectivity index (χ4v) is 22.6. The van der Waals surface area contributed by atoms with Crippen LogP contribution in [0.1, 0.15) is 322 Å². The molecule has 17 rings (SSSR count). The van der Waals surface area contributed by atoms with E-state index in [-0.39, 0.29) is 59.6 Å². The minimum absolute atomic E-state index is 0. The Hall–Kier alpha value is -8.53. The summed E-state index contributed by atoms with van der Waals surface area (Å²) in [4.78, 5) is 0. The van der Waals surface area contributed by atoms with Crippen LogP contribution in [0.4, 0.5) is 65.9 Å². The van der Waals surface area contributed by atoms with Crippen LogP contribution in [0.25, 0.3) is 54.9 Å². The summed E-state index contributed by atoms with van der Waals surface area (Å²) in [5.74, 6) is -1.53. The van der Waals surface area contributed by atoms with Crippen molar-refractivity contribution in [2.45, 2.75) is 307 Å². The fourth-order valence-electron chi connectivity index (χ4n) is 22.6. The lowest BCUT2D eigenvalue weighted by atomic mass is 9.63. The van der Waals surface area contributed by atoms with Crippen molar-refractivity contribution < 1.29 is 70.6 Å². The minimum Gasteiger partial charge on any atom is -0.406 e. The topological polar surface area (TPSA) is 9.23 Å². The van der Waals surface area contributed by atoms with E-state index in [0.29, 0.717) is 45.6 Å². The quantitative estimate of drug-likeness (QED) is 0.0615. The summed E-state index contributed by atoms with van der Waals surface area (Å²) in [6.45, 7) is 11.2. The second kappa shape index (κ2) is 49.3. The van der Waals surface area contributed by atoms with Crippen LogP contribution in [-0.4, -0.2) is 6.36 Å². The molecule has 12 atom stereocenters. The maximum atomic E-state index is 15.1. The lowest BCUT2D eigenvalue weighted by molar-refractivity contribution is -0.274.